The van der Waals surface area contributed by atoms with Gasteiger partial charge in [0.05, 0.1) is 13.2 Å². The monoisotopic (exact) mass is 390 g/mol. The van der Waals surface area contributed by atoms with E-state index in [0.29, 0.717) is 34.0 Å². The van der Waals surface area contributed by atoms with Crippen molar-refractivity contribution in [1.29, 1.82) is 0 Å². The van der Waals surface area contributed by atoms with Crippen LogP contribution in [0.3, 0.4) is 0 Å². The highest BCUT2D eigenvalue weighted by Gasteiger charge is 2.25. The summed E-state index contributed by atoms with van der Waals surface area (Å²) < 4.78 is 5.01. The molecule has 2 aromatic rings. The van der Waals surface area contributed by atoms with Crippen LogP contribution >= 0.6 is 11.6 Å². The van der Waals surface area contributed by atoms with Crippen LogP contribution in [0.15, 0.2) is 24.3 Å². The highest BCUT2D eigenvalue weighted by molar-refractivity contribution is 6.31. The molecule has 0 fully saturated rings. The fraction of sp³-hybridized carbons (Fsp3) is 0.350. The standard InChI is InChI=1S/C20H23ClN2O4/c1-5-23(19(25)14-8-7-9-15(21)10-14)11-16(24)17-12(3)18(22-13(17)4)20(26)27-6-2/h7-10,22H,5-6,11H2,1-4H3. The Morgan fingerprint density at radius 2 is 1.89 bits per heavy atom. The van der Waals surface area contributed by atoms with Crippen LogP contribution in [0.5, 0.6) is 0 Å². The second-order valence-electron chi connectivity index (χ2n) is 6.10. The molecule has 0 saturated heterocycles. The zero-order valence-electron chi connectivity index (χ0n) is 15.9. The van der Waals surface area contributed by atoms with E-state index < -0.39 is 5.97 Å². The first kappa shape index (κ1) is 20.7. The second kappa shape index (κ2) is 8.86. The molecule has 1 N–H and O–H groups in total. The molecule has 2 rings (SSSR count). The lowest BCUT2D eigenvalue weighted by Gasteiger charge is -2.20. The molecule has 1 aromatic heterocycles. The Morgan fingerprint density at radius 3 is 2.48 bits per heavy atom. The minimum Gasteiger partial charge on any atom is -0.461 e. The number of aromatic amines is 1. The van der Waals surface area contributed by atoms with E-state index in [1.807, 2.05) is 0 Å². The van der Waals surface area contributed by atoms with Crippen molar-refractivity contribution >= 4 is 29.3 Å². The molecular weight excluding hydrogens is 368 g/mol. The fourth-order valence-electron chi connectivity index (χ4n) is 2.96. The summed E-state index contributed by atoms with van der Waals surface area (Å²) in [6.07, 6.45) is 0. The van der Waals surface area contributed by atoms with Gasteiger partial charge >= 0.3 is 5.97 Å². The Morgan fingerprint density at radius 1 is 1.19 bits per heavy atom. The molecule has 0 unspecified atom stereocenters. The number of ketones is 1. The molecule has 0 atom stereocenters. The van der Waals surface area contributed by atoms with Crippen LogP contribution < -0.4 is 0 Å². The number of hydrogen-bond donors (Lipinski definition) is 1. The molecule has 0 aliphatic rings. The van der Waals surface area contributed by atoms with Crippen LogP contribution in [-0.4, -0.2) is 47.2 Å². The smallest absolute Gasteiger partial charge is 0.355 e. The predicted octanol–water partition coefficient (Wildman–Crippen LogP) is 3.81. The van der Waals surface area contributed by atoms with Gasteiger partial charge in [-0.15, -0.1) is 0 Å². The number of benzene rings is 1. The van der Waals surface area contributed by atoms with Gasteiger partial charge in [-0.2, -0.15) is 0 Å². The van der Waals surface area contributed by atoms with E-state index in [9.17, 15) is 14.4 Å². The highest BCUT2D eigenvalue weighted by atomic mass is 35.5. The van der Waals surface area contributed by atoms with Gasteiger partial charge in [0, 0.05) is 28.4 Å². The first-order valence-electron chi connectivity index (χ1n) is 8.74. The van der Waals surface area contributed by atoms with Gasteiger partial charge in [0.25, 0.3) is 5.91 Å². The van der Waals surface area contributed by atoms with Gasteiger partial charge in [0.15, 0.2) is 5.78 Å². The van der Waals surface area contributed by atoms with Gasteiger partial charge in [-0.05, 0) is 51.5 Å². The van der Waals surface area contributed by atoms with Gasteiger partial charge in [0.1, 0.15) is 5.69 Å². The number of hydrogen-bond acceptors (Lipinski definition) is 4. The second-order valence-corrected chi connectivity index (χ2v) is 6.53. The molecule has 1 aromatic carbocycles. The number of carbonyl (C=O) groups is 3. The molecule has 7 heteroatoms. The summed E-state index contributed by atoms with van der Waals surface area (Å²) in [6, 6.07) is 6.61. The van der Waals surface area contributed by atoms with Crippen LogP contribution in [0.4, 0.5) is 0 Å². The largest absolute Gasteiger partial charge is 0.461 e. The van der Waals surface area contributed by atoms with Gasteiger partial charge in [-0.1, -0.05) is 17.7 Å². The number of amides is 1. The normalized spacial score (nSPS) is 10.6. The van der Waals surface area contributed by atoms with Crippen molar-refractivity contribution in [3.05, 3.63) is 57.4 Å². The topological polar surface area (TPSA) is 79.5 Å². The van der Waals surface area contributed by atoms with Crippen LogP contribution in [0.2, 0.25) is 5.02 Å². The molecule has 0 saturated carbocycles. The Kier molecular flexibility index (Phi) is 6.80. The number of nitrogens with one attached hydrogen (secondary N) is 1. The Labute approximate surface area is 163 Å². The summed E-state index contributed by atoms with van der Waals surface area (Å²) in [4.78, 5) is 41.9. The summed E-state index contributed by atoms with van der Waals surface area (Å²) in [7, 11) is 0. The summed E-state index contributed by atoms with van der Waals surface area (Å²) in [5.74, 6) is -1.02. The van der Waals surface area contributed by atoms with Crippen LogP contribution in [-0.2, 0) is 4.74 Å². The molecule has 1 amide bonds. The van der Waals surface area contributed by atoms with E-state index >= 15 is 0 Å². The summed E-state index contributed by atoms with van der Waals surface area (Å²) in [5, 5.41) is 0.458. The van der Waals surface area contributed by atoms with Crippen LogP contribution in [0, 0.1) is 13.8 Å². The van der Waals surface area contributed by atoms with Crippen LogP contribution in [0.25, 0.3) is 0 Å². The number of carbonyl (C=O) groups excluding carboxylic acids is 3. The SMILES string of the molecule is CCOC(=O)c1[nH]c(C)c(C(=O)CN(CC)C(=O)c2cccc(Cl)c2)c1C. The Balaban J connectivity index is 2.25. The molecule has 6 nitrogen and oxygen atoms in total. The van der Waals surface area contributed by atoms with Crippen molar-refractivity contribution in [3.8, 4) is 0 Å². The molecule has 0 aliphatic heterocycles. The quantitative estimate of drug-likeness (QED) is 0.576. The molecule has 1 heterocycles. The van der Waals surface area contributed by atoms with Crippen molar-refractivity contribution in [2.75, 3.05) is 19.7 Å². The maximum absolute atomic E-state index is 12.9. The summed E-state index contributed by atoms with van der Waals surface area (Å²) in [5.41, 5.74) is 2.21. The average molecular weight is 391 g/mol. The van der Waals surface area contributed by atoms with Crippen molar-refractivity contribution < 1.29 is 19.1 Å². The summed E-state index contributed by atoms with van der Waals surface area (Å²) in [6.45, 7) is 7.45. The number of H-pyrrole nitrogens is 1. The fourth-order valence-corrected chi connectivity index (χ4v) is 3.15. The number of ether oxygens (including phenoxy) is 1. The summed E-state index contributed by atoms with van der Waals surface area (Å²) >= 11 is 5.95. The van der Waals surface area contributed by atoms with Gasteiger partial charge in [-0.3, -0.25) is 9.59 Å². The maximum Gasteiger partial charge on any atom is 0.355 e. The maximum atomic E-state index is 12.9. The third-order valence-corrected chi connectivity index (χ3v) is 4.51. The average Bonchev–Trinajstić information content (AvgIpc) is 2.93. The van der Waals surface area contributed by atoms with E-state index in [4.69, 9.17) is 16.3 Å². The number of likely N-dealkylation sites (N-methyl/N-ethyl adjacent to an activating group) is 1. The number of nitrogens with zero attached hydrogens (tertiary/aromatic N) is 1. The molecule has 144 valence electrons. The molecule has 0 bridgehead atoms. The van der Waals surface area contributed by atoms with E-state index in [-0.39, 0.29) is 30.5 Å². The Bertz CT molecular complexity index is 873. The lowest BCUT2D eigenvalue weighted by molar-refractivity contribution is 0.0519. The van der Waals surface area contributed by atoms with E-state index in [0.717, 1.165) is 0 Å². The first-order valence-corrected chi connectivity index (χ1v) is 9.12. The van der Waals surface area contributed by atoms with Crippen molar-refractivity contribution in [3.63, 3.8) is 0 Å². The van der Waals surface area contributed by atoms with Crippen molar-refractivity contribution in [1.82, 2.24) is 9.88 Å². The van der Waals surface area contributed by atoms with E-state index in [1.165, 1.54) is 4.90 Å². The number of rotatable bonds is 7. The lowest BCUT2D eigenvalue weighted by atomic mass is 10.0. The predicted molar refractivity (Wildman–Crippen MR) is 104 cm³/mol. The zero-order chi connectivity index (χ0) is 20.1. The minimum atomic E-state index is -0.500. The third kappa shape index (κ3) is 4.57. The zero-order valence-corrected chi connectivity index (χ0v) is 16.6. The Hall–Kier alpha value is -2.60. The van der Waals surface area contributed by atoms with Crippen LogP contribution in [0.1, 0.15) is 56.3 Å². The number of halogens is 1. The molecule has 0 aliphatic carbocycles. The number of aryl methyl sites for hydroxylation is 1. The van der Waals surface area contributed by atoms with Crippen molar-refractivity contribution in [2.24, 2.45) is 0 Å². The van der Waals surface area contributed by atoms with Gasteiger partial charge < -0.3 is 14.6 Å². The number of Topliss-reactive ketones (excluding diaryl/α,β-unsaturated/α-hetero) is 1. The molecule has 0 radical (unpaired) electrons. The van der Waals surface area contributed by atoms with Crippen molar-refractivity contribution in [2.45, 2.75) is 27.7 Å². The van der Waals surface area contributed by atoms with E-state index in [1.54, 1.807) is 52.0 Å². The van der Waals surface area contributed by atoms with Gasteiger partial charge in [0.2, 0.25) is 0 Å². The lowest BCUT2D eigenvalue weighted by Crippen LogP contribution is -2.35. The van der Waals surface area contributed by atoms with Gasteiger partial charge in [-0.25, -0.2) is 4.79 Å². The minimum absolute atomic E-state index is 0.0936. The third-order valence-electron chi connectivity index (χ3n) is 4.27. The number of esters is 1. The first-order chi connectivity index (χ1) is 12.8. The number of aromatic nitrogens is 1. The van der Waals surface area contributed by atoms with E-state index in [2.05, 4.69) is 4.98 Å². The molecule has 27 heavy (non-hydrogen) atoms. The molecular formula is C20H23ClN2O4. The molecule has 0 spiro atoms. The highest BCUT2D eigenvalue weighted by Crippen LogP contribution is 2.20.